The van der Waals surface area contributed by atoms with Gasteiger partial charge in [0.2, 0.25) is 11.8 Å². The van der Waals surface area contributed by atoms with Gasteiger partial charge < -0.3 is 11.1 Å². The third kappa shape index (κ3) is 3.25. The number of nitrogens with one attached hydrogen (secondary N) is 1. The molecule has 21 heavy (non-hydrogen) atoms. The summed E-state index contributed by atoms with van der Waals surface area (Å²) in [7, 11) is 0. The Bertz CT molecular complexity index is 645. The van der Waals surface area contributed by atoms with Crippen LogP contribution >= 0.6 is 0 Å². The molecule has 0 amide bonds. The molecule has 0 aliphatic carbocycles. The highest BCUT2D eigenvalue weighted by atomic mass is 16.6. The van der Waals surface area contributed by atoms with Crippen LogP contribution in [0.5, 0.6) is 0 Å². The fourth-order valence-electron chi connectivity index (χ4n) is 2.18. The topological polar surface area (TPSA) is 107 Å². The summed E-state index contributed by atoms with van der Waals surface area (Å²) >= 11 is 0. The van der Waals surface area contributed by atoms with Crippen LogP contribution < -0.4 is 11.1 Å². The van der Waals surface area contributed by atoms with Crippen molar-refractivity contribution in [3.8, 4) is 0 Å². The van der Waals surface area contributed by atoms with Crippen LogP contribution in [0.25, 0.3) is 0 Å². The summed E-state index contributed by atoms with van der Waals surface area (Å²) in [6.45, 7) is 3.54. The van der Waals surface area contributed by atoms with Crippen LogP contribution in [0, 0.1) is 17.0 Å². The van der Waals surface area contributed by atoms with Crippen molar-refractivity contribution in [3.05, 3.63) is 51.7 Å². The van der Waals surface area contributed by atoms with Gasteiger partial charge in [0.05, 0.1) is 11.0 Å². The van der Waals surface area contributed by atoms with E-state index in [1.165, 1.54) is 0 Å². The molecule has 0 aliphatic heterocycles. The maximum absolute atomic E-state index is 11.2. The molecule has 0 radical (unpaired) electrons. The zero-order chi connectivity index (χ0) is 15.4. The molecule has 0 saturated heterocycles. The van der Waals surface area contributed by atoms with Crippen molar-refractivity contribution >= 4 is 17.5 Å². The van der Waals surface area contributed by atoms with Crippen LogP contribution in [0.2, 0.25) is 0 Å². The minimum absolute atomic E-state index is 0.0171. The lowest BCUT2D eigenvalue weighted by Crippen LogP contribution is -2.14. The lowest BCUT2D eigenvalue weighted by atomic mass is 10.0. The minimum atomic E-state index is -0.491. The van der Waals surface area contributed by atoms with Crippen LogP contribution in [-0.4, -0.2) is 14.9 Å². The van der Waals surface area contributed by atoms with E-state index >= 15 is 0 Å². The van der Waals surface area contributed by atoms with Gasteiger partial charge in [-0.15, -0.1) is 0 Å². The van der Waals surface area contributed by atoms with E-state index in [9.17, 15) is 10.1 Å². The van der Waals surface area contributed by atoms with Crippen LogP contribution in [0.1, 0.15) is 30.6 Å². The molecule has 1 aromatic carbocycles. The molecule has 1 aromatic heterocycles. The molecule has 7 heteroatoms. The molecular weight excluding hydrogens is 270 g/mol. The Morgan fingerprint density at radius 2 is 2.00 bits per heavy atom. The number of rotatable bonds is 5. The van der Waals surface area contributed by atoms with Crippen molar-refractivity contribution in [2.24, 2.45) is 0 Å². The first kappa shape index (κ1) is 14.7. The van der Waals surface area contributed by atoms with Gasteiger partial charge in [0.1, 0.15) is 5.69 Å². The van der Waals surface area contributed by atoms with Gasteiger partial charge in [-0.2, -0.15) is 4.98 Å². The van der Waals surface area contributed by atoms with Gasteiger partial charge in [-0.3, -0.25) is 10.1 Å². The van der Waals surface area contributed by atoms with E-state index in [-0.39, 0.29) is 29.2 Å². The average Bonchev–Trinajstić information content (AvgIpc) is 2.44. The Morgan fingerprint density at radius 1 is 1.33 bits per heavy atom. The Kier molecular flexibility index (Phi) is 4.32. The fourth-order valence-corrected chi connectivity index (χ4v) is 2.18. The van der Waals surface area contributed by atoms with Gasteiger partial charge in [-0.1, -0.05) is 37.3 Å². The van der Waals surface area contributed by atoms with Crippen molar-refractivity contribution in [3.63, 3.8) is 0 Å². The Balaban J connectivity index is 2.40. The molecule has 1 atom stereocenters. The van der Waals surface area contributed by atoms with Crippen LogP contribution in [0.3, 0.4) is 0 Å². The molecule has 1 unspecified atom stereocenters. The summed E-state index contributed by atoms with van der Waals surface area (Å²) in [5.74, 6) is 0.171. The fraction of sp³-hybridized carbons (Fsp3) is 0.286. The van der Waals surface area contributed by atoms with Gasteiger partial charge in [0.15, 0.2) is 0 Å². The second kappa shape index (κ2) is 6.17. The van der Waals surface area contributed by atoms with Crippen LogP contribution in [0.15, 0.2) is 30.3 Å². The summed E-state index contributed by atoms with van der Waals surface area (Å²) in [5.41, 5.74) is 6.74. The number of nitrogens with zero attached hydrogens (tertiary/aromatic N) is 3. The first-order valence-corrected chi connectivity index (χ1v) is 6.63. The summed E-state index contributed by atoms with van der Waals surface area (Å²) in [5, 5.41) is 14.3. The monoisotopic (exact) mass is 287 g/mol. The number of benzene rings is 1. The SMILES string of the molecule is CCC(Nc1nc(N)nc(C)c1[N+](=O)[O-])c1ccccc1. The highest BCUT2D eigenvalue weighted by Gasteiger charge is 2.23. The second-order valence-corrected chi connectivity index (χ2v) is 4.64. The predicted octanol–water partition coefficient (Wildman–Crippen LogP) is 2.84. The molecule has 2 aromatic rings. The Labute approximate surface area is 122 Å². The van der Waals surface area contributed by atoms with Gasteiger partial charge in [0, 0.05) is 0 Å². The molecule has 1 heterocycles. The van der Waals surface area contributed by atoms with Crippen molar-refractivity contribution in [1.29, 1.82) is 0 Å². The highest BCUT2D eigenvalue weighted by molar-refractivity contribution is 5.61. The van der Waals surface area contributed by atoms with Gasteiger partial charge in [-0.05, 0) is 18.9 Å². The first-order chi connectivity index (χ1) is 10.0. The summed E-state index contributed by atoms with van der Waals surface area (Å²) in [6.07, 6.45) is 0.754. The number of aryl methyl sites for hydroxylation is 1. The normalized spacial score (nSPS) is 11.9. The molecule has 0 aliphatic rings. The summed E-state index contributed by atoms with van der Waals surface area (Å²) in [4.78, 5) is 18.5. The molecule has 2 rings (SSSR count). The Morgan fingerprint density at radius 3 is 2.57 bits per heavy atom. The third-order valence-electron chi connectivity index (χ3n) is 3.18. The quantitative estimate of drug-likeness (QED) is 0.646. The Hall–Kier alpha value is -2.70. The van der Waals surface area contributed by atoms with Crippen molar-refractivity contribution in [2.45, 2.75) is 26.3 Å². The molecule has 0 saturated carbocycles. The molecular formula is C14H17N5O2. The molecule has 0 bridgehead atoms. The number of hydrogen-bond donors (Lipinski definition) is 2. The molecule has 0 spiro atoms. The van der Waals surface area contributed by atoms with E-state index in [1.54, 1.807) is 6.92 Å². The van der Waals surface area contributed by atoms with E-state index in [0.29, 0.717) is 0 Å². The average molecular weight is 287 g/mol. The number of nitrogens with two attached hydrogens (primary N) is 1. The number of aromatic nitrogens is 2. The van der Waals surface area contributed by atoms with E-state index in [2.05, 4.69) is 15.3 Å². The van der Waals surface area contributed by atoms with Gasteiger partial charge in [0.25, 0.3) is 0 Å². The third-order valence-corrected chi connectivity index (χ3v) is 3.18. The zero-order valence-electron chi connectivity index (χ0n) is 11.9. The van der Waals surface area contributed by atoms with E-state index in [1.807, 2.05) is 37.3 Å². The minimum Gasteiger partial charge on any atom is -0.368 e. The van der Waals surface area contributed by atoms with Gasteiger partial charge >= 0.3 is 5.69 Å². The first-order valence-electron chi connectivity index (χ1n) is 6.63. The molecule has 3 N–H and O–H groups in total. The standard InChI is InChI=1S/C14H17N5O2/c1-3-11(10-7-5-4-6-8-10)17-13-12(19(20)21)9(2)16-14(15)18-13/h4-8,11H,3H2,1-2H3,(H3,15,16,17,18). The number of nitrogen functional groups attached to an aromatic ring is 1. The maximum atomic E-state index is 11.2. The van der Waals surface area contributed by atoms with E-state index in [4.69, 9.17) is 5.73 Å². The van der Waals surface area contributed by atoms with Crippen molar-refractivity contribution < 1.29 is 4.92 Å². The van der Waals surface area contributed by atoms with E-state index < -0.39 is 4.92 Å². The number of hydrogen-bond acceptors (Lipinski definition) is 6. The smallest absolute Gasteiger partial charge is 0.332 e. The van der Waals surface area contributed by atoms with Crippen molar-refractivity contribution in [1.82, 2.24) is 9.97 Å². The van der Waals surface area contributed by atoms with E-state index in [0.717, 1.165) is 12.0 Å². The lowest BCUT2D eigenvalue weighted by molar-refractivity contribution is -0.385. The molecule has 110 valence electrons. The number of anilines is 2. The van der Waals surface area contributed by atoms with Crippen LogP contribution in [-0.2, 0) is 0 Å². The predicted molar refractivity (Wildman–Crippen MR) is 80.9 cm³/mol. The largest absolute Gasteiger partial charge is 0.368 e. The summed E-state index contributed by atoms with van der Waals surface area (Å²) in [6, 6.07) is 9.61. The van der Waals surface area contributed by atoms with Crippen molar-refractivity contribution in [2.75, 3.05) is 11.1 Å². The van der Waals surface area contributed by atoms with Crippen LogP contribution in [0.4, 0.5) is 17.5 Å². The maximum Gasteiger partial charge on any atom is 0.332 e. The van der Waals surface area contributed by atoms with Gasteiger partial charge in [-0.25, -0.2) is 4.98 Å². The lowest BCUT2D eigenvalue weighted by Gasteiger charge is -2.18. The highest BCUT2D eigenvalue weighted by Crippen LogP contribution is 2.30. The number of nitro groups is 1. The summed E-state index contributed by atoms with van der Waals surface area (Å²) < 4.78 is 0. The molecule has 7 nitrogen and oxygen atoms in total. The molecule has 0 fully saturated rings. The zero-order valence-corrected chi connectivity index (χ0v) is 11.9. The second-order valence-electron chi connectivity index (χ2n) is 4.64.